The number of nitrogens with one attached hydrogen (secondary N) is 1. The van der Waals surface area contributed by atoms with Crippen LogP contribution in [-0.2, 0) is 11.2 Å². The third-order valence-electron chi connectivity index (χ3n) is 6.05. The predicted octanol–water partition coefficient (Wildman–Crippen LogP) is 4.32. The molecule has 3 aromatic rings. The summed E-state index contributed by atoms with van der Waals surface area (Å²) in [7, 11) is 1.67. The number of amides is 1. The Kier molecular flexibility index (Phi) is 3.71. The molecule has 1 fully saturated rings. The molecule has 1 N–H and O–H groups in total. The highest BCUT2D eigenvalue weighted by Crippen LogP contribution is 2.47. The SMILES string of the molecule is COc1ccc2[nH]c3c(c2c1)CCN1C(=O)CCC(c2ccc(F)cc2)C31. The first-order chi connectivity index (χ1) is 13.2. The lowest BCUT2D eigenvalue weighted by Crippen LogP contribution is -2.45. The van der Waals surface area contributed by atoms with Crippen molar-refractivity contribution < 1.29 is 13.9 Å². The predicted molar refractivity (Wildman–Crippen MR) is 101 cm³/mol. The number of carbonyl (C=O) groups is 1. The van der Waals surface area contributed by atoms with Gasteiger partial charge in [-0.05, 0) is 54.3 Å². The van der Waals surface area contributed by atoms with Crippen LogP contribution in [0.25, 0.3) is 10.9 Å². The van der Waals surface area contributed by atoms with Gasteiger partial charge in [0, 0.05) is 35.5 Å². The Hall–Kier alpha value is -2.82. The van der Waals surface area contributed by atoms with Crippen molar-refractivity contribution in [3.05, 3.63) is 65.1 Å². The van der Waals surface area contributed by atoms with Crippen LogP contribution >= 0.6 is 0 Å². The molecule has 27 heavy (non-hydrogen) atoms. The number of hydrogen-bond donors (Lipinski definition) is 1. The molecule has 5 rings (SSSR count). The summed E-state index contributed by atoms with van der Waals surface area (Å²) in [5.41, 5.74) is 4.54. The summed E-state index contributed by atoms with van der Waals surface area (Å²) >= 11 is 0. The number of carbonyl (C=O) groups excluding carboxylic acids is 1. The van der Waals surface area contributed by atoms with Crippen molar-refractivity contribution in [1.82, 2.24) is 9.88 Å². The zero-order chi connectivity index (χ0) is 18.5. The van der Waals surface area contributed by atoms with Crippen molar-refractivity contribution >= 4 is 16.8 Å². The fourth-order valence-corrected chi connectivity index (χ4v) is 4.76. The minimum atomic E-state index is -0.232. The van der Waals surface area contributed by atoms with Crippen LogP contribution in [0.15, 0.2) is 42.5 Å². The Labute approximate surface area is 156 Å². The van der Waals surface area contributed by atoms with Crippen molar-refractivity contribution in [2.45, 2.75) is 31.2 Å². The number of rotatable bonds is 2. The number of aromatic nitrogens is 1. The lowest BCUT2D eigenvalue weighted by molar-refractivity contribution is -0.138. The number of ether oxygens (including phenoxy) is 1. The number of nitrogens with zero attached hydrogens (tertiary/aromatic N) is 1. The zero-order valence-corrected chi connectivity index (χ0v) is 15.2. The highest BCUT2D eigenvalue weighted by atomic mass is 19.1. The fourth-order valence-electron chi connectivity index (χ4n) is 4.76. The number of benzene rings is 2. The molecule has 2 unspecified atom stereocenters. The van der Waals surface area contributed by atoms with Crippen LogP contribution in [0.2, 0.25) is 0 Å². The van der Waals surface area contributed by atoms with Crippen molar-refractivity contribution in [2.75, 3.05) is 13.7 Å². The van der Waals surface area contributed by atoms with Crippen LogP contribution in [0.3, 0.4) is 0 Å². The van der Waals surface area contributed by atoms with Gasteiger partial charge in [0.05, 0.1) is 13.2 Å². The average Bonchev–Trinajstić information content (AvgIpc) is 3.07. The molecule has 3 heterocycles. The van der Waals surface area contributed by atoms with E-state index in [0.717, 1.165) is 41.9 Å². The molecule has 5 heteroatoms. The first-order valence-corrected chi connectivity index (χ1v) is 9.39. The smallest absolute Gasteiger partial charge is 0.223 e. The van der Waals surface area contributed by atoms with Crippen molar-refractivity contribution in [3.8, 4) is 5.75 Å². The summed E-state index contributed by atoms with van der Waals surface area (Å²) in [5, 5.41) is 1.17. The van der Waals surface area contributed by atoms with Crippen LogP contribution in [0.5, 0.6) is 5.75 Å². The van der Waals surface area contributed by atoms with Gasteiger partial charge in [0.1, 0.15) is 11.6 Å². The Morgan fingerprint density at radius 1 is 1.15 bits per heavy atom. The van der Waals surface area contributed by atoms with Crippen LogP contribution in [-0.4, -0.2) is 29.4 Å². The van der Waals surface area contributed by atoms with E-state index in [1.165, 1.54) is 23.1 Å². The maximum absolute atomic E-state index is 13.4. The van der Waals surface area contributed by atoms with Gasteiger partial charge in [-0.25, -0.2) is 4.39 Å². The number of hydrogen-bond acceptors (Lipinski definition) is 2. The van der Waals surface area contributed by atoms with Gasteiger partial charge in [-0.3, -0.25) is 4.79 Å². The monoisotopic (exact) mass is 364 g/mol. The lowest BCUT2D eigenvalue weighted by atomic mass is 9.78. The molecule has 0 bridgehead atoms. The molecule has 1 amide bonds. The number of piperidine rings is 1. The molecule has 2 aliphatic heterocycles. The maximum Gasteiger partial charge on any atom is 0.223 e. The van der Waals surface area contributed by atoms with Crippen molar-refractivity contribution in [2.24, 2.45) is 0 Å². The third-order valence-corrected chi connectivity index (χ3v) is 6.05. The maximum atomic E-state index is 13.4. The van der Waals surface area contributed by atoms with Gasteiger partial charge < -0.3 is 14.6 Å². The van der Waals surface area contributed by atoms with E-state index in [9.17, 15) is 9.18 Å². The number of H-pyrrole nitrogens is 1. The Bertz CT molecular complexity index is 1020. The van der Waals surface area contributed by atoms with E-state index in [1.54, 1.807) is 7.11 Å². The summed E-state index contributed by atoms with van der Waals surface area (Å²) in [6, 6.07) is 12.8. The normalized spacial score (nSPS) is 21.9. The van der Waals surface area contributed by atoms with Crippen LogP contribution < -0.4 is 4.74 Å². The Morgan fingerprint density at radius 2 is 1.96 bits per heavy atom. The van der Waals surface area contributed by atoms with Crippen LogP contribution in [0.1, 0.15) is 41.6 Å². The van der Waals surface area contributed by atoms with Gasteiger partial charge in [0.15, 0.2) is 0 Å². The van der Waals surface area contributed by atoms with E-state index >= 15 is 0 Å². The first kappa shape index (κ1) is 16.4. The van der Waals surface area contributed by atoms with E-state index < -0.39 is 0 Å². The van der Waals surface area contributed by atoms with E-state index in [4.69, 9.17) is 4.74 Å². The minimum Gasteiger partial charge on any atom is -0.497 e. The molecule has 2 atom stereocenters. The molecule has 0 radical (unpaired) electrons. The molecular weight excluding hydrogens is 343 g/mol. The van der Waals surface area contributed by atoms with Gasteiger partial charge >= 0.3 is 0 Å². The fraction of sp³-hybridized carbons (Fsp3) is 0.318. The highest BCUT2D eigenvalue weighted by molar-refractivity contribution is 5.88. The van der Waals surface area contributed by atoms with E-state index in [1.807, 2.05) is 29.2 Å². The summed E-state index contributed by atoms with van der Waals surface area (Å²) in [4.78, 5) is 18.2. The number of methoxy groups -OCH3 is 1. The average molecular weight is 364 g/mol. The lowest BCUT2D eigenvalue weighted by Gasteiger charge is -2.44. The first-order valence-electron chi connectivity index (χ1n) is 9.39. The second kappa shape index (κ2) is 6.12. The van der Waals surface area contributed by atoms with Crippen LogP contribution in [0, 0.1) is 5.82 Å². The number of aromatic amines is 1. The third kappa shape index (κ3) is 2.52. The van der Waals surface area contributed by atoms with Gasteiger partial charge in [0.25, 0.3) is 0 Å². The highest BCUT2D eigenvalue weighted by Gasteiger charge is 2.42. The van der Waals surface area contributed by atoms with Crippen LogP contribution in [0.4, 0.5) is 4.39 Å². The quantitative estimate of drug-likeness (QED) is 0.736. The molecule has 1 aromatic heterocycles. The largest absolute Gasteiger partial charge is 0.497 e. The Morgan fingerprint density at radius 3 is 2.74 bits per heavy atom. The van der Waals surface area contributed by atoms with E-state index in [0.29, 0.717) is 6.42 Å². The summed E-state index contributed by atoms with van der Waals surface area (Å²) < 4.78 is 18.8. The molecule has 0 saturated carbocycles. The standard InChI is InChI=1S/C22H21FN2O2/c1-27-15-6-8-19-18(12-15)17-10-11-25-20(26)9-7-16(22(25)21(17)24-19)13-2-4-14(23)5-3-13/h2-6,8,12,16,22,24H,7,9-11H2,1H3. The topological polar surface area (TPSA) is 45.3 Å². The van der Waals surface area contributed by atoms with E-state index in [2.05, 4.69) is 11.1 Å². The van der Waals surface area contributed by atoms with Gasteiger partial charge in [-0.2, -0.15) is 0 Å². The summed E-state index contributed by atoms with van der Waals surface area (Å²) in [6.07, 6.45) is 2.16. The number of halogens is 1. The van der Waals surface area contributed by atoms with E-state index in [-0.39, 0.29) is 23.7 Å². The molecule has 0 aliphatic carbocycles. The molecule has 138 valence electrons. The Balaban J connectivity index is 1.66. The zero-order valence-electron chi connectivity index (χ0n) is 15.2. The van der Waals surface area contributed by atoms with Gasteiger partial charge in [-0.1, -0.05) is 12.1 Å². The molecule has 2 aliphatic rings. The minimum absolute atomic E-state index is 0.0288. The van der Waals surface area contributed by atoms with Crippen molar-refractivity contribution in [3.63, 3.8) is 0 Å². The second-order valence-corrected chi connectivity index (χ2v) is 7.41. The molecular formula is C22H21FN2O2. The second-order valence-electron chi connectivity index (χ2n) is 7.41. The summed E-state index contributed by atoms with van der Waals surface area (Å²) in [6.45, 7) is 0.721. The molecule has 1 saturated heterocycles. The number of fused-ring (bicyclic) bond motifs is 5. The molecule has 2 aromatic carbocycles. The molecule has 4 nitrogen and oxygen atoms in total. The van der Waals surface area contributed by atoms with Gasteiger partial charge in [-0.15, -0.1) is 0 Å². The molecule has 0 spiro atoms. The summed E-state index contributed by atoms with van der Waals surface area (Å²) in [5.74, 6) is 0.976. The van der Waals surface area contributed by atoms with Crippen molar-refractivity contribution in [1.29, 1.82) is 0 Å². The van der Waals surface area contributed by atoms with Gasteiger partial charge in [0.2, 0.25) is 5.91 Å².